The fourth-order valence-electron chi connectivity index (χ4n) is 4.74. The van der Waals surface area contributed by atoms with Crippen molar-refractivity contribution in [1.82, 2.24) is 4.90 Å². The van der Waals surface area contributed by atoms with E-state index >= 15 is 0 Å². The molecule has 0 radical (unpaired) electrons. The maximum atomic E-state index is 12.7. The summed E-state index contributed by atoms with van der Waals surface area (Å²) in [5, 5.41) is 2.34. The summed E-state index contributed by atoms with van der Waals surface area (Å²) in [6.45, 7) is -0.458. The standard InChI is InChI=1S/C18H17F3N2O3/c19-18(20,21)11-2-1-3-12(7-11)22-13(24)8-23-16(25)14-9-4-5-10(6-9)15(14)17(23)26/h1-3,7,9-10,14-15H,4-6,8H2,(H,22,24)/t9-,10-,14-,15-/m0/s1. The number of nitrogens with one attached hydrogen (secondary N) is 1. The topological polar surface area (TPSA) is 66.5 Å². The number of halogens is 3. The first-order chi connectivity index (χ1) is 12.3. The van der Waals surface area contributed by atoms with Crippen LogP contribution in [0.2, 0.25) is 0 Å². The van der Waals surface area contributed by atoms with Gasteiger partial charge in [0.25, 0.3) is 0 Å². The van der Waals surface area contributed by atoms with Gasteiger partial charge in [0.2, 0.25) is 17.7 Å². The fourth-order valence-corrected chi connectivity index (χ4v) is 4.74. The molecule has 138 valence electrons. The lowest BCUT2D eigenvalue weighted by Crippen LogP contribution is -2.39. The molecule has 8 heteroatoms. The van der Waals surface area contributed by atoms with Gasteiger partial charge in [-0.2, -0.15) is 13.2 Å². The number of fused-ring (bicyclic) bond motifs is 5. The number of nitrogens with zero attached hydrogens (tertiary/aromatic N) is 1. The molecule has 1 aromatic rings. The van der Waals surface area contributed by atoms with E-state index in [0.29, 0.717) is 0 Å². The maximum Gasteiger partial charge on any atom is 0.416 e. The average Bonchev–Trinajstić information content (AvgIpc) is 3.24. The highest BCUT2D eigenvalue weighted by Gasteiger charge is 2.60. The third-order valence-electron chi connectivity index (χ3n) is 5.79. The molecule has 4 atom stereocenters. The summed E-state index contributed by atoms with van der Waals surface area (Å²) in [7, 11) is 0. The van der Waals surface area contributed by atoms with E-state index < -0.39 is 24.2 Å². The minimum Gasteiger partial charge on any atom is -0.325 e. The molecule has 3 amide bonds. The van der Waals surface area contributed by atoms with Crippen molar-refractivity contribution < 1.29 is 27.6 Å². The van der Waals surface area contributed by atoms with Crippen molar-refractivity contribution in [2.24, 2.45) is 23.7 Å². The molecule has 3 fully saturated rings. The second-order valence-corrected chi connectivity index (χ2v) is 7.27. The molecule has 2 bridgehead atoms. The Bertz CT molecular complexity index is 764. The number of carbonyl (C=O) groups excluding carboxylic acids is 3. The van der Waals surface area contributed by atoms with Crippen LogP contribution >= 0.6 is 0 Å². The molecule has 1 N–H and O–H groups in total. The van der Waals surface area contributed by atoms with Gasteiger partial charge in [0.1, 0.15) is 6.54 Å². The number of alkyl halides is 3. The first-order valence-corrected chi connectivity index (χ1v) is 8.58. The van der Waals surface area contributed by atoms with Crippen molar-refractivity contribution in [3.8, 4) is 0 Å². The number of likely N-dealkylation sites (tertiary alicyclic amines) is 1. The van der Waals surface area contributed by atoms with Crippen LogP contribution in [0.3, 0.4) is 0 Å². The molecule has 4 rings (SSSR count). The first kappa shape index (κ1) is 17.1. The number of hydrogen-bond donors (Lipinski definition) is 1. The highest BCUT2D eigenvalue weighted by atomic mass is 19.4. The second-order valence-electron chi connectivity index (χ2n) is 7.27. The van der Waals surface area contributed by atoms with E-state index in [1.54, 1.807) is 0 Å². The van der Waals surface area contributed by atoms with E-state index in [-0.39, 0.29) is 41.2 Å². The Balaban J connectivity index is 1.44. The predicted octanol–water partition coefficient (Wildman–Crippen LogP) is 2.68. The summed E-state index contributed by atoms with van der Waals surface area (Å²) in [6.07, 6.45) is -1.74. The van der Waals surface area contributed by atoms with Crippen LogP contribution in [-0.2, 0) is 20.6 Å². The van der Waals surface area contributed by atoms with Crippen molar-refractivity contribution in [1.29, 1.82) is 0 Å². The van der Waals surface area contributed by atoms with Crippen molar-refractivity contribution in [2.75, 3.05) is 11.9 Å². The van der Waals surface area contributed by atoms with E-state index in [2.05, 4.69) is 5.32 Å². The summed E-state index contributed by atoms with van der Waals surface area (Å²) < 4.78 is 38.2. The van der Waals surface area contributed by atoms with Gasteiger partial charge in [0.15, 0.2) is 0 Å². The van der Waals surface area contributed by atoms with Crippen LogP contribution in [0.25, 0.3) is 0 Å². The number of amides is 3. The number of benzene rings is 1. The zero-order valence-electron chi connectivity index (χ0n) is 13.8. The number of carbonyl (C=O) groups is 3. The summed E-state index contributed by atoms with van der Waals surface area (Å²) in [6, 6.07) is 4.24. The van der Waals surface area contributed by atoms with Gasteiger partial charge in [-0.15, -0.1) is 0 Å². The summed E-state index contributed by atoms with van der Waals surface area (Å²) in [5.74, 6) is -1.50. The Hall–Kier alpha value is -2.38. The van der Waals surface area contributed by atoms with Crippen molar-refractivity contribution in [3.63, 3.8) is 0 Å². The number of anilines is 1. The highest BCUT2D eigenvalue weighted by Crippen LogP contribution is 2.56. The maximum absolute atomic E-state index is 12.7. The zero-order valence-corrected chi connectivity index (χ0v) is 13.8. The lowest BCUT2D eigenvalue weighted by Gasteiger charge is -2.19. The molecule has 0 aromatic heterocycles. The van der Waals surface area contributed by atoms with Crippen LogP contribution < -0.4 is 5.32 Å². The van der Waals surface area contributed by atoms with Crippen molar-refractivity contribution in [3.05, 3.63) is 29.8 Å². The molecule has 26 heavy (non-hydrogen) atoms. The Kier molecular flexibility index (Phi) is 3.82. The van der Waals surface area contributed by atoms with Gasteiger partial charge < -0.3 is 5.32 Å². The first-order valence-electron chi connectivity index (χ1n) is 8.58. The molecule has 2 saturated carbocycles. The van der Waals surface area contributed by atoms with Gasteiger partial charge in [-0.3, -0.25) is 19.3 Å². The van der Waals surface area contributed by atoms with Gasteiger partial charge in [-0.05, 0) is 49.3 Å². The van der Waals surface area contributed by atoms with Crippen LogP contribution in [0.4, 0.5) is 18.9 Å². The van der Waals surface area contributed by atoms with Gasteiger partial charge in [-0.1, -0.05) is 6.07 Å². The molecule has 5 nitrogen and oxygen atoms in total. The van der Waals surface area contributed by atoms with Crippen LogP contribution in [0.5, 0.6) is 0 Å². The third-order valence-corrected chi connectivity index (χ3v) is 5.79. The fraction of sp³-hybridized carbons (Fsp3) is 0.500. The summed E-state index contributed by atoms with van der Waals surface area (Å²) >= 11 is 0. The number of imide groups is 1. The van der Waals surface area contributed by atoms with E-state index in [1.807, 2.05) is 0 Å². The predicted molar refractivity (Wildman–Crippen MR) is 84.6 cm³/mol. The SMILES string of the molecule is O=C(CN1C(=O)[C@H]2[C@H]3CC[C@@H](C3)[C@@H]2C1=O)Nc1cccc(C(F)(F)F)c1. The van der Waals surface area contributed by atoms with Gasteiger partial charge in [0.05, 0.1) is 17.4 Å². The Morgan fingerprint density at radius 3 is 2.31 bits per heavy atom. The molecule has 1 aromatic carbocycles. The highest BCUT2D eigenvalue weighted by molar-refractivity contribution is 6.09. The normalized spacial score (nSPS) is 30.0. The molecule has 2 aliphatic carbocycles. The van der Waals surface area contributed by atoms with E-state index in [4.69, 9.17) is 0 Å². The quantitative estimate of drug-likeness (QED) is 0.837. The molecule has 1 heterocycles. The summed E-state index contributed by atoms with van der Waals surface area (Å²) in [4.78, 5) is 38.2. The van der Waals surface area contributed by atoms with E-state index in [0.717, 1.165) is 36.3 Å². The number of rotatable bonds is 3. The minimum absolute atomic E-state index is 0.0239. The van der Waals surface area contributed by atoms with E-state index in [1.165, 1.54) is 12.1 Å². The minimum atomic E-state index is -4.52. The largest absolute Gasteiger partial charge is 0.416 e. The molecular weight excluding hydrogens is 349 g/mol. The van der Waals surface area contributed by atoms with Crippen molar-refractivity contribution in [2.45, 2.75) is 25.4 Å². The molecule has 0 unspecified atom stereocenters. The monoisotopic (exact) mass is 366 g/mol. The summed E-state index contributed by atoms with van der Waals surface area (Å²) in [5.41, 5.74) is -0.904. The average molecular weight is 366 g/mol. The van der Waals surface area contributed by atoms with Gasteiger partial charge in [0, 0.05) is 5.69 Å². The van der Waals surface area contributed by atoms with Crippen LogP contribution in [0.15, 0.2) is 24.3 Å². The van der Waals surface area contributed by atoms with Gasteiger partial charge >= 0.3 is 6.18 Å². The Morgan fingerprint density at radius 2 is 1.73 bits per heavy atom. The van der Waals surface area contributed by atoms with E-state index in [9.17, 15) is 27.6 Å². The molecule has 1 aliphatic heterocycles. The Labute approximate surface area is 147 Å². The smallest absolute Gasteiger partial charge is 0.325 e. The number of hydrogen-bond acceptors (Lipinski definition) is 3. The molecular formula is C18H17F3N2O3. The van der Waals surface area contributed by atoms with Gasteiger partial charge in [-0.25, -0.2) is 0 Å². The van der Waals surface area contributed by atoms with Crippen molar-refractivity contribution >= 4 is 23.4 Å². The molecule has 1 saturated heterocycles. The Morgan fingerprint density at radius 1 is 1.12 bits per heavy atom. The second kappa shape index (κ2) is 5.82. The molecule has 0 spiro atoms. The third kappa shape index (κ3) is 2.68. The molecule has 3 aliphatic rings. The van der Waals surface area contributed by atoms with Crippen LogP contribution in [-0.4, -0.2) is 29.2 Å². The lowest BCUT2D eigenvalue weighted by atomic mass is 9.81. The lowest BCUT2D eigenvalue weighted by molar-refractivity contribution is -0.143. The zero-order chi connectivity index (χ0) is 18.6. The van der Waals surface area contributed by atoms with Crippen LogP contribution in [0.1, 0.15) is 24.8 Å². The van der Waals surface area contributed by atoms with Crippen LogP contribution in [0, 0.1) is 23.7 Å².